The standard InChI is InChI=1S/C10H16N2O2/c1-6-5-9(8(3)14-6)7(2)12-10(13)11-4/h5,7H,1-4H3,(H2,11,12,13). The molecule has 2 amide bonds. The molecule has 0 aromatic carbocycles. The first kappa shape index (κ1) is 10.6. The average Bonchev–Trinajstić information content (AvgIpc) is 2.45. The summed E-state index contributed by atoms with van der Waals surface area (Å²) < 4.78 is 5.38. The van der Waals surface area contributed by atoms with E-state index in [1.165, 1.54) is 0 Å². The van der Waals surface area contributed by atoms with Crippen LogP contribution in [-0.2, 0) is 0 Å². The molecule has 0 aliphatic heterocycles. The second kappa shape index (κ2) is 4.17. The van der Waals surface area contributed by atoms with Gasteiger partial charge in [0.1, 0.15) is 11.5 Å². The Hall–Kier alpha value is -1.45. The van der Waals surface area contributed by atoms with Crippen molar-refractivity contribution >= 4 is 6.03 Å². The van der Waals surface area contributed by atoms with E-state index in [9.17, 15) is 4.79 Å². The van der Waals surface area contributed by atoms with E-state index in [-0.39, 0.29) is 12.1 Å². The van der Waals surface area contributed by atoms with Crippen LogP contribution in [0.3, 0.4) is 0 Å². The minimum absolute atomic E-state index is 0.0348. The van der Waals surface area contributed by atoms with E-state index in [1.54, 1.807) is 7.05 Å². The number of furan rings is 1. The summed E-state index contributed by atoms with van der Waals surface area (Å²) in [6.45, 7) is 5.71. The van der Waals surface area contributed by atoms with Gasteiger partial charge in [-0.3, -0.25) is 0 Å². The van der Waals surface area contributed by atoms with E-state index in [0.717, 1.165) is 17.1 Å². The Bertz CT molecular complexity index is 331. The van der Waals surface area contributed by atoms with Crippen molar-refractivity contribution < 1.29 is 9.21 Å². The summed E-state index contributed by atoms with van der Waals surface area (Å²) in [5.74, 6) is 1.72. The predicted molar refractivity (Wildman–Crippen MR) is 54.2 cm³/mol. The number of hydrogen-bond acceptors (Lipinski definition) is 2. The molecule has 78 valence electrons. The van der Waals surface area contributed by atoms with Crippen molar-refractivity contribution in [2.75, 3.05) is 7.05 Å². The van der Waals surface area contributed by atoms with E-state index >= 15 is 0 Å². The second-order valence-corrected chi connectivity index (χ2v) is 3.31. The van der Waals surface area contributed by atoms with Gasteiger partial charge in [0.2, 0.25) is 0 Å². The summed E-state index contributed by atoms with van der Waals surface area (Å²) in [6, 6.07) is 1.72. The third kappa shape index (κ3) is 2.28. The maximum Gasteiger partial charge on any atom is 0.315 e. The van der Waals surface area contributed by atoms with Crippen LogP contribution in [-0.4, -0.2) is 13.1 Å². The van der Waals surface area contributed by atoms with Crippen LogP contribution in [0.4, 0.5) is 4.79 Å². The van der Waals surface area contributed by atoms with Gasteiger partial charge in [-0.25, -0.2) is 4.79 Å². The van der Waals surface area contributed by atoms with Crippen LogP contribution in [0.1, 0.15) is 30.0 Å². The van der Waals surface area contributed by atoms with Crippen LogP contribution in [0.15, 0.2) is 10.5 Å². The van der Waals surface area contributed by atoms with Gasteiger partial charge < -0.3 is 15.1 Å². The molecule has 1 aromatic rings. The Morgan fingerprint density at radius 2 is 2.14 bits per heavy atom. The molecule has 0 bridgehead atoms. The number of urea groups is 1. The van der Waals surface area contributed by atoms with E-state index in [1.807, 2.05) is 26.8 Å². The van der Waals surface area contributed by atoms with Crippen LogP contribution >= 0.6 is 0 Å². The fourth-order valence-electron chi connectivity index (χ4n) is 1.43. The topological polar surface area (TPSA) is 54.3 Å². The summed E-state index contributed by atoms with van der Waals surface area (Å²) >= 11 is 0. The zero-order valence-electron chi connectivity index (χ0n) is 8.97. The van der Waals surface area contributed by atoms with Gasteiger partial charge in [0.25, 0.3) is 0 Å². The molecule has 0 aliphatic carbocycles. The van der Waals surface area contributed by atoms with E-state index in [0.29, 0.717) is 0 Å². The molecule has 4 nitrogen and oxygen atoms in total. The average molecular weight is 196 g/mol. The zero-order valence-corrected chi connectivity index (χ0v) is 8.97. The number of carbonyl (C=O) groups is 1. The minimum Gasteiger partial charge on any atom is -0.466 e. The van der Waals surface area contributed by atoms with Crippen LogP contribution in [0.25, 0.3) is 0 Å². The largest absolute Gasteiger partial charge is 0.466 e. The van der Waals surface area contributed by atoms with Gasteiger partial charge in [-0.15, -0.1) is 0 Å². The van der Waals surface area contributed by atoms with E-state index in [4.69, 9.17) is 4.42 Å². The molecule has 14 heavy (non-hydrogen) atoms. The monoisotopic (exact) mass is 196 g/mol. The number of hydrogen-bond donors (Lipinski definition) is 2. The Morgan fingerprint density at radius 1 is 1.50 bits per heavy atom. The quantitative estimate of drug-likeness (QED) is 0.758. The van der Waals surface area contributed by atoms with Crippen molar-refractivity contribution in [1.29, 1.82) is 0 Å². The molecular formula is C10H16N2O2. The number of nitrogens with one attached hydrogen (secondary N) is 2. The maximum absolute atomic E-state index is 11.1. The number of amides is 2. The van der Waals surface area contributed by atoms with Crippen molar-refractivity contribution in [3.05, 3.63) is 23.2 Å². The molecule has 1 rings (SSSR count). The van der Waals surface area contributed by atoms with E-state index in [2.05, 4.69) is 10.6 Å². The molecule has 4 heteroatoms. The van der Waals surface area contributed by atoms with Crippen LogP contribution < -0.4 is 10.6 Å². The molecule has 0 fully saturated rings. The first-order chi connectivity index (χ1) is 6.54. The molecular weight excluding hydrogens is 180 g/mol. The second-order valence-electron chi connectivity index (χ2n) is 3.31. The SMILES string of the molecule is CNC(=O)NC(C)c1cc(C)oc1C. The summed E-state index contributed by atoms with van der Waals surface area (Å²) in [6.07, 6.45) is 0. The zero-order chi connectivity index (χ0) is 10.7. The maximum atomic E-state index is 11.1. The summed E-state index contributed by atoms with van der Waals surface area (Å²) in [7, 11) is 1.59. The molecule has 2 N–H and O–H groups in total. The van der Waals surface area contributed by atoms with Crippen molar-refractivity contribution in [2.24, 2.45) is 0 Å². The Morgan fingerprint density at radius 3 is 2.57 bits per heavy atom. The highest BCUT2D eigenvalue weighted by molar-refractivity contribution is 5.74. The molecule has 1 atom stereocenters. The van der Waals surface area contributed by atoms with E-state index < -0.39 is 0 Å². The highest BCUT2D eigenvalue weighted by Crippen LogP contribution is 2.20. The van der Waals surface area contributed by atoms with Crippen molar-refractivity contribution in [2.45, 2.75) is 26.8 Å². The highest BCUT2D eigenvalue weighted by Gasteiger charge is 2.13. The first-order valence-electron chi connectivity index (χ1n) is 4.59. The lowest BCUT2D eigenvalue weighted by atomic mass is 10.1. The fourth-order valence-corrected chi connectivity index (χ4v) is 1.43. The van der Waals surface area contributed by atoms with Crippen LogP contribution in [0, 0.1) is 13.8 Å². The predicted octanol–water partition coefficient (Wildman–Crippen LogP) is 1.89. The smallest absolute Gasteiger partial charge is 0.315 e. The third-order valence-electron chi connectivity index (χ3n) is 2.12. The van der Waals surface area contributed by atoms with Gasteiger partial charge in [-0.1, -0.05) is 0 Å². The van der Waals surface area contributed by atoms with Crippen LogP contribution in [0.2, 0.25) is 0 Å². The molecule has 0 spiro atoms. The normalized spacial score (nSPS) is 12.3. The lowest BCUT2D eigenvalue weighted by Gasteiger charge is -2.12. The molecule has 1 heterocycles. The Balaban J connectivity index is 2.73. The van der Waals surface area contributed by atoms with Crippen molar-refractivity contribution in [3.8, 4) is 0 Å². The Kier molecular flexibility index (Phi) is 3.17. The van der Waals surface area contributed by atoms with Gasteiger partial charge in [0.15, 0.2) is 0 Å². The van der Waals surface area contributed by atoms with Gasteiger partial charge in [-0.2, -0.15) is 0 Å². The van der Waals surface area contributed by atoms with Crippen LogP contribution in [0.5, 0.6) is 0 Å². The minimum atomic E-state index is -0.184. The fraction of sp³-hybridized carbons (Fsp3) is 0.500. The number of rotatable bonds is 2. The lowest BCUT2D eigenvalue weighted by Crippen LogP contribution is -2.34. The summed E-state index contributed by atoms with van der Waals surface area (Å²) in [5.41, 5.74) is 1.02. The molecule has 0 aliphatic rings. The highest BCUT2D eigenvalue weighted by atomic mass is 16.3. The molecule has 0 radical (unpaired) electrons. The molecule has 1 unspecified atom stereocenters. The third-order valence-corrected chi connectivity index (χ3v) is 2.12. The summed E-state index contributed by atoms with van der Waals surface area (Å²) in [5, 5.41) is 5.30. The number of aryl methyl sites for hydroxylation is 2. The van der Waals surface area contributed by atoms with Gasteiger partial charge >= 0.3 is 6.03 Å². The molecule has 0 saturated heterocycles. The molecule has 1 aromatic heterocycles. The lowest BCUT2D eigenvalue weighted by molar-refractivity contribution is 0.240. The summed E-state index contributed by atoms with van der Waals surface area (Å²) in [4.78, 5) is 11.1. The van der Waals surface area contributed by atoms with Crippen molar-refractivity contribution in [3.63, 3.8) is 0 Å². The van der Waals surface area contributed by atoms with Gasteiger partial charge in [-0.05, 0) is 26.8 Å². The Labute approximate surface area is 83.7 Å². The van der Waals surface area contributed by atoms with Crippen molar-refractivity contribution in [1.82, 2.24) is 10.6 Å². The first-order valence-corrected chi connectivity index (χ1v) is 4.59. The number of carbonyl (C=O) groups excluding carboxylic acids is 1. The van der Waals surface area contributed by atoms with Gasteiger partial charge in [0.05, 0.1) is 6.04 Å². The van der Waals surface area contributed by atoms with Gasteiger partial charge in [0, 0.05) is 12.6 Å². The molecule has 0 saturated carbocycles.